The Morgan fingerprint density at radius 2 is 1.75 bits per heavy atom. The molecule has 7 heteroatoms. The van der Waals surface area contributed by atoms with Crippen LogP contribution in [0.3, 0.4) is 0 Å². The highest BCUT2D eigenvalue weighted by Gasteiger charge is 2.27. The van der Waals surface area contributed by atoms with Gasteiger partial charge in [0.25, 0.3) is 0 Å². The third-order valence-electron chi connectivity index (χ3n) is 4.54. The van der Waals surface area contributed by atoms with Crippen molar-refractivity contribution in [2.75, 3.05) is 39.0 Å². The van der Waals surface area contributed by atoms with E-state index in [0.717, 1.165) is 22.4 Å². The number of hydrogen-bond acceptors (Lipinski definition) is 4. The molecule has 0 spiro atoms. The van der Waals surface area contributed by atoms with Crippen molar-refractivity contribution in [3.05, 3.63) is 28.8 Å². The van der Waals surface area contributed by atoms with Crippen LogP contribution in [-0.2, 0) is 21.2 Å². The highest BCUT2D eigenvalue weighted by Crippen LogP contribution is 2.23. The Morgan fingerprint density at radius 1 is 1.12 bits per heavy atom. The standard InChI is InChI=1S/C17H26N2O4S/c1-5-24(21,22)19-8-6-18(7-9-19)17(20)12-15-10-14(3)16(23-4)11-13(15)2/h10-11H,5-9,12H2,1-4H3. The fraction of sp³-hybridized carbons (Fsp3) is 0.588. The molecule has 1 aliphatic rings. The molecular formula is C17H26N2O4S. The van der Waals surface area contributed by atoms with E-state index in [0.29, 0.717) is 32.6 Å². The van der Waals surface area contributed by atoms with E-state index in [9.17, 15) is 13.2 Å². The van der Waals surface area contributed by atoms with Crippen LogP contribution in [0.2, 0.25) is 0 Å². The number of rotatable bonds is 5. The number of carbonyl (C=O) groups excluding carboxylic acids is 1. The SMILES string of the molecule is CCS(=O)(=O)N1CCN(C(=O)Cc2cc(C)c(OC)cc2C)CC1. The van der Waals surface area contributed by atoms with Gasteiger partial charge < -0.3 is 9.64 Å². The first-order chi connectivity index (χ1) is 11.3. The Bertz CT molecular complexity index is 708. The minimum absolute atomic E-state index is 0.0382. The maximum Gasteiger partial charge on any atom is 0.227 e. The second kappa shape index (κ2) is 7.53. The third kappa shape index (κ3) is 4.08. The number of benzene rings is 1. The van der Waals surface area contributed by atoms with Gasteiger partial charge in [-0.25, -0.2) is 8.42 Å². The highest BCUT2D eigenvalue weighted by atomic mass is 32.2. The van der Waals surface area contributed by atoms with Crippen LogP contribution in [0.25, 0.3) is 0 Å². The van der Waals surface area contributed by atoms with Crippen LogP contribution in [0.5, 0.6) is 5.75 Å². The van der Waals surface area contributed by atoms with Gasteiger partial charge in [-0.2, -0.15) is 4.31 Å². The molecule has 24 heavy (non-hydrogen) atoms. The molecule has 0 aromatic heterocycles. The molecule has 0 aliphatic carbocycles. The lowest BCUT2D eigenvalue weighted by atomic mass is 10.0. The number of ether oxygens (including phenoxy) is 1. The number of piperazine rings is 1. The minimum atomic E-state index is -3.17. The largest absolute Gasteiger partial charge is 0.496 e. The summed E-state index contributed by atoms with van der Waals surface area (Å²) in [5.74, 6) is 0.962. The summed E-state index contributed by atoms with van der Waals surface area (Å²) < 4.78 is 30.5. The lowest BCUT2D eigenvalue weighted by Gasteiger charge is -2.34. The Balaban J connectivity index is 2.01. The van der Waals surface area contributed by atoms with E-state index in [1.807, 2.05) is 26.0 Å². The van der Waals surface area contributed by atoms with Crippen molar-refractivity contribution in [1.29, 1.82) is 0 Å². The van der Waals surface area contributed by atoms with Crippen molar-refractivity contribution in [1.82, 2.24) is 9.21 Å². The molecule has 0 saturated carbocycles. The summed E-state index contributed by atoms with van der Waals surface area (Å²) in [5.41, 5.74) is 3.02. The fourth-order valence-corrected chi connectivity index (χ4v) is 4.02. The van der Waals surface area contributed by atoms with Gasteiger partial charge in [-0.05, 0) is 43.5 Å². The van der Waals surface area contributed by atoms with Gasteiger partial charge in [0.1, 0.15) is 5.75 Å². The predicted molar refractivity (Wildman–Crippen MR) is 93.8 cm³/mol. The molecule has 1 aliphatic heterocycles. The zero-order valence-electron chi connectivity index (χ0n) is 14.8. The topological polar surface area (TPSA) is 66.9 Å². The Hall–Kier alpha value is -1.60. The first kappa shape index (κ1) is 18.7. The smallest absolute Gasteiger partial charge is 0.227 e. The van der Waals surface area contributed by atoms with E-state index in [1.165, 1.54) is 4.31 Å². The van der Waals surface area contributed by atoms with Crippen LogP contribution in [0.15, 0.2) is 12.1 Å². The van der Waals surface area contributed by atoms with Crippen LogP contribution in [-0.4, -0.2) is 62.6 Å². The Morgan fingerprint density at radius 3 is 2.29 bits per heavy atom. The molecular weight excluding hydrogens is 328 g/mol. The summed E-state index contributed by atoms with van der Waals surface area (Å²) >= 11 is 0. The summed E-state index contributed by atoms with van der Waals surface area (Å²) in [5, 5.41) is 0. The normalized spacial score (nSPS) is 16.2. The minimum Gasteiger partial charge on any atom is -0.496 e. The number of sulfonamides is 1. The van der Waals surface area contributed by atoms with E-state index in [-0.39, 0.29) is 11.7 Å². The first-order valence-electron chi connectivity index (χ1n) is 8.18. The van der Waals surface area contributed by atoms with Crippen LogP contribution in [0.4, 0.5) is 0 Å². The van der Waals surface area contributed by atoms with E-state index in [1.54, 1.807) is 18.9 Å². The predicted octanol–water partition coefficient (Wildman–Crippen LogP) is 1.35. The molecule has 0 N–H and O–H groups in total. The van der Waals surface area contributed by atoms with Crippen molar-refractivity contribution in [2.24, 2.45) is 0 Å². The molecule has 0 bridgehead atoms. The van der Waals surface area contributed by atoms with Gasteiger partial charge in [0.05, 0.1) is 19.3 Å². The molecule has 1 aromatic rings. The number of amides is 1. The van der Waals surface area contributed by atoms with Gasteiger partial charge in [-0.1, -0.05) is 6.07 Å². The maximum absolute atomic E-state index is 12.5. The average molecular weight is 354 g/mol. The summed E-state index contributed by atoms with van der Waals surface area (Å²) in [4.78, 5) is 14.3. The number of hydrogen-bond donors (Lipinski definition) is 0. The van der Waals surface area contributed by atoms with E-state index in [2.05, 4.69) is 0 Å². The van der Waals surface area contributed by atoms with E-state index >= 15 is 0 Å². The van der Waals surface area contributed by atoms with Crippen molar-refractivity contribution in [3.8, 4) is 5.75 Å². The van der Waals surface area contributed by atoms with E-state index < -0.39 is 10.0 Å². The monoisotopic (exact) mass is 354 g/mol. The van der Waals surface area contributed by atoms with Crippen molar-refractivity contribution >= 4 is 15.9 Å². The molecule has 1 fully saturated rings. The van der Waals surface area contributed by atoms with Crippen molar-refractivity contribution in [2.45, 2.75) is 27.2 Å². The number of aryl methyl sites for hydroxylation is 2. The summed E-state index contributed by atoms with van der Waals surface area (Å²) in [6.07, 6.45) is 0.331. The van der Waals surface area contributed by atoms with Gasteiger partial charge >= 0.3 is 0 Å². The second-order valence-electron chi connectivity index (χ2n) is 6.11. The van der Waals surface area contributed by atoms with Crippen molar-refractivity contribution in [3.63, 3.8) is 0 Å². The van der Waals surface area contributed by atoms with Gasteiger partial charge in [0.2, 0.25) is 15.9 Å². The number of carbonyl (C=O) groups is 1. The number of nitrogens with zero attached hydrogens (tertiary/aromatic N) is 2. The zero-order chi connectivity index (χ0) is 17.9. The molecule has 1 heterocycles. The van der Waals surface area contributed by atoms with Gasteiger partial charge in [-0.3, -0.25) is 4.79 Å². The van der Waals surface area contributed by atoms with Crippen LogP contribution in [0, 0.1) is 13.8 Å². The van der Waals surface area contributed by atoms with Crippen LogP contribution >= 0.6 is 0 Å². The Kier molecular flexibility index (Phi) is 5.87. The average Bonchev–Trinajstić information content (AvgIpc) is 2.57. The highest BCUT2D eigenvalue weighted by molar-refractivity contribution is 7.89. The quantitative estimate of drug-likeness (QED) is 0.800. The van der Waals surface area contributed by atoms with Crippen molar-refractivity contribution < 1.29 is 17.9 Å². The van der Waals surface area contributed by atoms with Crippen LogP contribution in [0.1, 0.15) is 23.6 Å². The summed E-state index contributed by atoms with van der Waals surface area (Å²) in [6, 6.07) is 3.94. The molecule has 1 saturated heterocycles. The first-order valence-corrected chi connectivity index (χ1v) is 9.79. The molecule has 2 rings (SSSR count). The fourth-order valence-electron chi connectivity index (χ4n) is 2.93. The molecule has 6 nitrogen and oxygen atoms in total. The summed E-state index contributed by atoms with van der Waals surface area (Å²) in [7, 11) is -1.53. The molecule has 0 radical (unpaired) electrons. The molecule has 1 aromatic carbocycles. The lowest BCUT2D eigenvalue weighted by molar-refractivity contribution is -0.131. The molecule has 0 atom stereocenters. The molecule has 1 amide bonds. The Labute approximate surface area is 144 Å². The van der Waals surface area contributed by atoms with Gasteiger partial charge in [0.15, 0.2) is 0 Å². The zero-order valence-corrected chi connectivity index (χ0v) is 15.6. The van der Waals surface area contributed by atoms with Gasteiger partial charge in [-0.15, -0.1) is 0 Å². The molecule has 134 valence electrons. The van der Waals surface area contributed by atoms with Crippen LogP contribution < -0.4 is 4.74 Å². The number of methoxy groups -OCH3 is 1. The lowest BCUT2D eigenvalue weighted by Crippen LogP contribution is -2.51. The van der Waals surface area contributed by atoms with Gasteiger partial charge in [0, 0.05) is 26.2 Å². The maximum atomic E-state index is 12.5. The van der Waals surface area contributed by atoms with E-state index in [4.69, 9.17) is 4.74 Å². The third-order valence-corrected chi connectivity index (χ3v) is 6.43. The molecule has 0 unspecified atom stereocenters. The second-order valence-corrected chi connectivity index (χ2v) is 8.36. The summed E-state index contributed by atoms with van der Waals surface area (Å²) in [6.45, 7) is 7.22.